The van der Waals surface area contributed by atoms with E-state index in [1.165, 1.54) is 11.8 Å². The van der Waals surface area contributed by atoms with Gasteiger partial charge in [0, 0.05) is 0 Å². The first kappa shape index (κ1) is 13.4. The fourth-order valence-electron chi connectivity index (χ4n) is 2.37. The number of aromatic amines is 1. The molecule has 0 fully saturated rings. The summed E-state index contributed by atoms with van der Waals surface area (Å²) in [4.78, 5) is 12.0. The van der Waals surface area contributed by atoms with Crippen molar-refractivity contribution in [2.24, 2.45) is 4.99 Å². The molecular weight excluding hydrogens is 276 g/mol. The fourth-order valence-corrected chi connectivity index (χ4v) is 2.89. The molecule has 3 rings (SSSR count). The highest BCUT2D eigenvalue weighted by molar-refractivity contribution is 8.13. The van der Waals surface area contributed by atoms with E-state index in [0.717, 1.165) is 11.5 Å². The highest BCUT2D eigenvalue weighted by Crippen LogP contribution is 2.34. The maximum atomic E-state index is 12.9. The first-order chi connectivity index (χ1) is 9.68. The lowest BCUT2D eigenvalue weighted by atomic mass is 10.3. The lowest BCUT2D eigenvalue weighted by Gasteiger charge is -2.41. The van der Waals surface area contributed by atoms with Crippen molar-refractivity contribution in [1.29, 1.82) is 0 Å². The Morgan fingerprint density at radius 1 is 1.55 bits per heavy atom. The molecule has 7 heteroatoms. The zero-order valence-electron chi connectivity index (χ0n) is 11.4. The van der Waals surface area contributed by atoms with E-state index in [-0.39, 0.29) is 6.67 Å². The molecule has 0 aliphatic carbocycles. The van der Waals surface area contributed by atoms with Crippen molar-refractivity contribution in [2.45, 2.75) is 13.3 Å². The number of quaternary nitrogens is 1. The molecule has 1 unspecified atom stereocenters. The van der Waals surface area contributed by atoms with Gasteiger partial charge >= 0.3 is 0 Å². The Morgan fingerprint density at radius 2 is 2.40 bits per heavy atom. The molecule has 0 saturated carbocycles. The van der Waals surface area contributed by atoms with Gasteiger partial charge in [0.15, 0.2) is 23.9 Å². The number of hydrogen-bond acceptors (Lipinski definition) is 5. The molecule has 0 amide bonds. The smallest absolute Gasteiger partial charge is 0.237 e. The van der Waals surface area contributed by atoms with Crippen LogP contribution in [0, 0.1) is 5.21 Å². The number of aromatic nitrogens is 2. The van der Waals surface area contributed by atoms with Crippen molar-refractivity contribution < 1.29 is 4.42 Å². The molecule has 2 aromatic rings. The van der Waals surface area contributed by atoms with Crippen molar-refractivity contribution in [1.82, 2.24) is 14.6 Å². The van der Waals surface area contributed by atoms with E-state index in [1.807, 2.05) is 19.2 Å². The van der Waals surface area contributed by atoms with E-state index in [4.69, 9.17) is 4.42 Å². The van der Waals surface area contributed by atoms with E-state index in [9.17, 15) is 5.21 Å². The maximum absolute atomic E-state index is 12.9. The molecule has 3 heterocycles. The minimum atomic E-state index is -0.483. The predicted molar refractivity (Wildman–Crippen MR) is 81.5 cm³/mol. The standard InChI is InChI=1S/C13H16N4O2S/c1-3-6-17(18)8-14-13(20-2)10-12(17)16-11(15-10)9-5-4-7-19-9/h4-5,7H,3,6,8H2,1-2H3,(H,15,16). The molecule has 1 N–H and O–H groups in total. The Kier molecular flexibility index (Phi) is 3.41. The second-order valence-corrected chi connectivity index (χ2v) is 5.48. The van der Waals surface area contributed by atoms with Gasteiger partial charge in [0.2, 0.25) is 5.82 Å². The summed E-state index contributed by atoms with van der Waals surface area (Å²) in [6.07, 6.45) is 4.32. The SMILES string of the molecule is CCC[N+]1([O-])CN=C(SC)c2nc(-c3ccco3)[nH]c21. The van der Waals surface area contributed by atoms with Crippen molar-refractivity contribution in [2.75, 3.05) is 19.5 Å². The lowest BCUT2D eigenvalue weighted by molar-refractivity contribution is 0.369. The average Bonchev–Trinajstić information content (AvgIpc) is 3.09. The minimum absolute atomic E-state index is 0.205. The largest absolute Gasteiger partial charge is 0.625 e. The minimum Gasteiger partial charge on any atom is -0.625 e. The summed E-state index contributed by atoms with van der Waals surface area (Å²) in [5.74, 6) is 1.79. The van der Waals surface area contributed by atoms with Crippen molar-refractivity contribution >= 4 is 22.6 Å². The molecule has 1 aliphatic rings. The van der Waals surface area contributed by atoms with Crippen LogP contribution in [0.3, 0.4) is 0 Å². The topological polar surface area (TPSA) is 77.2 Å². The third kappa shape index (κ3) is 2.07. The highest BCUT2D eigenvalue weighted by atomic mass is 32.2. The molecule has 0 bridgehead atoms. The van der Waals surface area contributed by atoms with E-state index in [2.05, 4.69) is 15.0 Å². The Bertz CT molecular complexity index is 635. The monoisotopic (exact) mass is 292 g/mol. The number of rotatable bonds is 3. The first-order valence-electron chi connectivity index (χ1n) is 6.49. The van der Waals surface area contributed by atoms with Crippen LogP contribution in [0.25, 0.3) is 11.6 Å². The molecule has 0 saturated heterocycles. The molecular formula is C13H16N4O2S. The zero-order valence-corrected chi connectivity index (χ0v) is 12.2. The van der Waals surface area contributed by atoms with Gasteiger partial charge in [-0.2, -0.15) is 0 Å². The maximum Gasteiger partial charge on any atom is 0.237 e. The summed E-state index contributed by atoms with van der Waals surface area (Å²) in [6, 6.07) is 3.62. The van der Waals surface area contributed by atoms with Crippen LogP contribution in [0.1, 0.15) is 19.0 Å². The molecule has 6 nitrogen and oxygen atoms in total. The van der Waals surface area contributed by atoms with Gasteiger partial charge < -0.3 is 9.62 Å². The van der Waals surface area contributed by atoms with E-state index < -0.39 is 4.65 Å². The number of thioether (sulfide) groups is 1. The van der Waals surface area contributed by atoms with Crippen LogP contribution >= 0.6 is 11.8 Å². The number of imidazole rings is 1. The van der Waals surface area contributed by atoms with Gasteiger partial charge in [-0.05, 0) is 24.8 Å². The third-order valence-electron chi connectivity index (χ3n) is 3.27. The number of furan rings is 1. The van der Waals surface area contributed by atoms with Crippen molar-refractivity contribution in [3.8, 4) is 11.6 Å². The second kappa shape index (κ2) is 5.08. The van der Waals surface area contributed by atoms with Crippen LogP contribution in [-0.4, -0.2) is 34.5 Å². The van der Waals surface area contributed by atoms with Gasteiger partial charge in [0.25, 0.3) is 0 Å². The Hall–Kier alpha value is -1.57. The number of hydroxylamine groups is 2. The lowest BCUT2D eigenvalue weighted by Crippen LogP contribution is -2.47. The number of hydrogen-bond donors (Lipinski definition) is 1. The molecule has 0 spiro atoms. The Balaban J connectivity index is 2.11. The van der Waals surface area contributed by atoms with Crippen LogP contribution in [0.5, 0.6) is 0 Å². The summed E-state index contributed by atoms with van der Waals surface area (Å²) in [5.41, 5.74) is 0.651. The third-order valence-corrected chi connectivity index (χ3v) is 3.98. The van der Waals surface area contributed by atoms with Gasteiger partial charge in [0.05, 0.1) is 12.8 Å². The van der Waals surface area contributed by atoms with E-state index >= 15 is 0 Å². The van der Waals surface area contributed by atoms with Crippen molar-refractivity contribution in [3.05, 3.63) is 29.3 Å². The molecule has 0 aromatic carbocycles. The van der Waals surface area contributed by atoms with Gasteiger partial charge in [-0.25, -0.2) is 9.98 Å². The Labute approximate surface area is 121 Å². The van der Waals surface area contributed by atoms with Gasteiger partial charge in [-0.1, -0.05) is 6.92 Å². The number of H-pyrrole nitrogens is 1. The first-order valence-corrected chi connectivity index (χ1v) is 7.72. The molecule has 1 aliphatic heterocycles. The van der Waals surface area contributed by atoms with Crippen LogP contribution < -0.4 is 4.65 Å². The molecule has 106 valence electrons. The van der Waals surface area contributed by atoms with Gasteiger partial charge in [-0.15, -0.1) is 11.8 Å². The quantitative estimate of drug-likeness (QED) is 0.697. The van der Waals surface area contributed by atoms with Crippen LogP contribution in [0.2, 0.25) is 0 Å². The predicted octanol–water partition coefficient (Wildman–Crippen LogP) is 2.97. The Morgan fingerprint density at radius 3 is 3.05 bits per heavy atom. The summed E-state index contributed by atoms with van der Waals surface area (Å²) in [6.45, 7) is 2.68. The second-order valence-electron chi connectivity index (χ2n) is 4.68. The number of nitrogens with one attached hydrogen (secondary N) is 1. The average molecular weight is 292 g/mol. The molecule has 0 radical (unpaired) electrons. The summed E-state index contributed by atoms with van der Waals surface area (Å²) >= 11 is 1.51. The number of fused-ring (bicyclic) bond motifs is 1. The summed E-state index contributed by atoms with van der Waals surface area (Å²) < 4.78 is 4.86. The normalized spacial score (nSPS) is 21.6. The van der Waals surface area contributed by atoms with Crippen molar-refractivity contribution in [3.63, 3.8) is 0 Å². The van der Waals surface area contributed by atoms with Crippen LogP contribution in [0.15, 0.2) is 27.8 Å². The molecule has 2 aromatic heterocycles. The van der Waals surface area contributed by atoms with Crippen LogP contribution in [0.4, 0.5) is 5.82 Å². The highest BCUT2D eigenvalue weighted by Gasteiger charge is 2.34. The summed E-state index contributed by atoms with van der Waals surface area (Å²) in [5, 5.41) is 13.7. The number of aliphatic imine (C=N–C) groups is 1. The molecule has 1 atom stereocenters. The van der Waals surface area contributed by atoms with Crippen LogP contribution in [-0.2, 0) is 0 Å². The zero-order chi connectivity index (χ0) is 14.2. The van der Waals surface area contributed by atoms with E-state index in [1.54, 1.807) is 12.3 Å². The summed E-state index contributed by atoms with van der Waals surface area (Å²) in [7, 11) is 0. The van der Waals surface area contributed by atoms with E-state index in [0.29, 0.717) is 29.6 Å². The van der Waals surface area contributed by atoms with Gasteiger partial charge in [0.1, 0.15) is 5.04 Å². The fraction of sp³-hybridized carbons (Fsp3) is 0.385. The number of nitrogens with zero attached hydrogens (tertiary/aromatic N) is 3. The molecule has 20 heavy (non-hydrogen) atoms. The van der Waals surface area contributed by atoms with Gasteiger partial charge in [-0.3, -0.25) is 9.63 Å².